The van der Waals surface area contributed by atoms with E-state index in [-0.39, 0.29) is 11.4 Å². The number of nitrogens with zero attached hydrogens (tertiary/aromatic N) is 1. The number of nitrogens with one attached hydrogen (secondary N) is 3. The van der Waals surface area contributed by atoms with Crippen LogP contribution in [0.4, 0.5) is 0 Å². The Morgan fingerprint density at radius 3 is 2.76 bits per heavy atom. The number of carbonyl (C=O) groups is 1. The summed E-state index contributed by atoms with van der Waals surface area (Å²) in [6.07, 6.45) is 2.59. The van der Waals surface area contributed by atoms with Crippen molar-refractivity contribution < 1.29 is 4.79 Å². The van der Waals surface area contributed by atoms with E-state index in [2.05, 4.69) is 20.9 Å². The average Bonchev–Trinajstić information content (AvgIpc) is 3.07. The molecule has 0 saturated carbocycles. The van der Waals surface area contributed by atoms with Crippen molar-refractivity contribution in [1.82, 2.24) is 16.0 Å². The Bertz CT molecular complexity index is 604. The zero-order chi connectivity index (χ0) is 18.3. The minimum absolute atomic E-state index is 0.0462. The number of rotatable bonds is 5. The summed E-state index contributed by atoms with van der Waals surface area (Å²) in [5.74, 6) is 2.02. The Labute approximate surface area is 155 Å². The van der Waals surface area contributed by atoms with Crippen LogP contribution in [-0.2, 0) is 6.54 Å². The predicted octanol–water partition coefficient (Wildman–Crippen LogP) is 2.78. The third kappa shape index (κ3) is 6.98. The third-order valence-electron chi connectivity index (χ3n) is 3.88. The van der Waals surface area contributed by atoms with Gasteiger partial charge in [0.15, 0.2) is 5.96 Å². The molecule has 5 nitrogen and oxygen atoms in total. The lowest BCUT2D eigenvalue weighted by Gasteiger charge is -2.20. The predicted molar refractivity (Wildman–Crippen MR) is 107 cm³/mol. The van der Waals surface area contributed by atoms with Crippen LogP contribution in [0.15, 0.2) is 29.3 Å². The number of thioether (sulfide) groups is 1. The standard InChI is InChI=1S/C19H30N4OS/c1-19(2,3)23-17(24)15-8-5-7-14(11-15)12-21-18(20-4)22-13-16-9-6-10-25-16/h5,7-8,11,16H,6,9-10,12-13H2,1-4H3,(H,23,24)(H2,20,21,22). The van der Waals surface area contributed by atoms with Crippen molar-refractivity contribution >= 4 is 23.6 Å². The zero-order valence-electron chi connectivity index (χ0n) is 15.7. The van der Waals surface area contributed by atoms with Crippen molar-refractivity contribution in [3.05, 3.63) is 35.4 Å². The number of aliphatic imine (C=N–C) groups is 1. The molecule has 2 rings (SSSR count). The van der Waals surface area contributed by atoms with Crippen molar-refractivity contribution in [3.63, 3.8) is 0 Å². The molecule has 3 N–H and O–H groups in total. The van der Waals surface area contributed by atoms with Crippen LogP contribution in [-0.4, -0.2) is 42.0 Å². The Balaban J connectivity index is 1.86. The smallest absolute Gasteiger partial charge is 0.251 e. The molecule has 1 saturated heterocycles. The number of hydrogen-bond donors (Lipinski definition) is 3. The van der Waals surface area contributed by atoms with Crippen molar-refractivity contribution in [1.29, 1.82) is 0 Å². The van der Waals surface area contributed by atoms with E-state index >= 15 is 0 Å². The summed E-state index contributed by atoms with van der Waals surface area (Å²) in [5.41, 5.74) is 1.49. The molecule has 0 bridgehead atoms. The van der Waals surface area contributed by atoms with Crippen LogP contribution in [0.1, 0.15) is 49.5 Å². The molecular weight excluding hydrogens is 332 g/mol. The molecule has 1 heterocycles. The maximum Gasteiger partial charge on any atom is 0.251 e. The van der Waals surface area contributed by atoms with Crippen molar-refractivity contribution in [2.75, 3.05) is 19.3 Å². The van der Waals surface area contributed by atoms with Gasteiger partial charge in [0.25, 0.3) is 5.91 Å². The maximum atomic E-state index is 12.3. The summed E-state index contributed by atoms with van der Waals surface area (Å²) in [7, 11) is 1.78. The summed E-state index contributed by atoms with van der Waals surface area (Å²) in [6, 6.07) is 7.70. The SMILES string of the molecule is CN=C(NCc1cccc(C(=O)NC(C)(C)C)c1)NCC1CCCS1. The number of carbonyl (C=O) groups excluding carboxylic acids is 1. The molecule has 1 atom stereocenters. The van der Waals surface area contributed by atoms with Crippen molar-refractivity contribution in [2.45, 2.75) is 50.9 Å². The van der Waals surface area contributed by atoms with Gasteiger partial charge in [-0.15, -0.1) is 0 Å². The van der Waals surface area contributed by atoms with Gasteiger partial charge in [0, 0.05) is 36.5 Å². The van der Waals surface area contributed by atoms with Crippen molar-refractivity contribution in [3.8, 4) is 0 Å². The molecule has 1 amide bonds. The summed E-state index contributed by atoms with van der Waals surface area (Å²) in [6.45, 7) is 7.52. The molecule has 25 heavy (non-hydrogen) atoms. The van der Waals surface area contributed by atoms with Crippen LogP contribution in [0, 0.1) is 0 Å². The topological polar surface area (TPSA) is 65.5 Å². The minimum Gasteiger partial charge on any atom is -0.355 e. The highest BCUT2D eigenvalue weighted by molar-refractivity contribution is 8.00. The molecule has 0 radical (unpaired) electrons. The molecule has 1 fully saturated rings. The number of amides is 1. The Morgan fingerprint density at radius 2 is 2.12 bits per heavy atom. The fraction of sp³-hybridized carbons (Fsp3) is 0.579. The first-order valence-corrected chi connectivity index (χ1v) is 9.90. The van der Waals surface area contributed by atoms with Crippen molar-refractivity contribution in [2.24, 2.45) is 4.99 Å². The van der Waals surface area contributed by atoms with Gasteiger partial charge in [0.05, 0.1) is 0 Å². The molecule has 138 valence electrons. The zero-order valence-corrected chi connectivity index (χ0v) is 16.5. The quantitative estimate of drug-likeness (QED) is 0.557. The van der Waals surface area contributed by atoms with Gasteiger partial charge >= 0.3 is 0 Å². The first-order chi connectivity index (χ1) is 11.9. The lowest BCUT2D eigenvalue weighted by Crippen LogP contribution is -2.41. The van der Waals surface area contributed by atoms with Gasteiger partial charge in [-0.05, 0) is 57.1 Å². The van der Waals surface area contributed by atoms with Crippen LogP contribution < -0.4 is 16.0 Å². The molecule has 1 unspecified atom stereocenters. The molecule has 0 aliphatic carbocycles. The van der Waals surface area contributed by atoms with E-state index in [4.69, 9.17) is 0 Å². The number of hydrogen-bond acceptors (Lipinski definition) is 3. The van der Waals surface area contributed by atoms with E-state index in [1.807, 2.05) is 56.8 Å². The van der Waals surface area contributed by atoms with E-state index in [9.17, 15) is 4.79 Å². The van der Waals surface area contributed by atoms with E-state index in [0.29, 0.717) is 17.4 Å². The Hall–Kier alpha value is -1.69. The summed E-state index contributed by atoms with van der Waals surface area (Å²) in [5, 5.41) is 10.4. The lowest BCUT2D eigenvalue weighted by atomic mass is 10.1. The largest absolute Gasteiger partial charge is 0.355 e. The number of guanidine groups is 1. The molecular formula is C19H30N4OS. The second-order valence-electron chi connectivity index (χ2n) is 7.35. The third-order valence-corrected chi connectivity index (χ3v) is 5.28. The monoisotopic (exact) mass is 362 g/mol. The fourth-order valence-corrected chi connectivity index (χ4v) is 3.86. The molecule has 0 aromatic heterocycles. The van der Waals surface area contributed by atoms with Gasteiger partial charge < -0.3 is 16.0 Å². The van der Waals surface area contributed by atoms with Gasteiger partial charge in [-0.2, -0.15) is 11.8 Å². The molecule has 1 aromatic rings. The first-order valence-electron chi connectivity index (χ1n) is 8.85. The highest BCUT2D eigenvalue weighted by Crippen LogP contribution is 2.25. The average molecular weight is 363 g/mol. The van der Waals surface area contributed by atoms with Crippen LogP contribution >= 0.6 is 11.8 Å². The Kier molecular flexibility index (Phi) is 7.17. The van der Waals surface area contributed by atoms with Gasteiger partial charge in [-0.3, -0.25) is 9.79 Å². The maximum absolute atomic E-state index is 12.3. The van der Waals surface area contributed by atoms with Crippen LogP contribution in [0.3, 0.4) is 0 Å². The van der Waals surface area contributed by atoms with E-state index in [1.54, 1.807) is 7.05 Å². The number of benzene rings is 1. The minimum atomic E-state index is -0.241. The molecule has 6 heteroatoms. The van der Waals surface area contributed by atoms with Crippen LogP contribution in [0.5, 0.6) is 0 Å². The first kappa shape index (κ1) is 19.6. The molecule has 1 aromatic carbocycles. The van der Waals surface area contributed by atoms with Crippen LogP contribution in [0.2, 0.25) is 0 Å². The highest BCUT2D eigenvalue weighted by Gasteiger charge is 2.16. The lowest BCUT2D eigenvalue weighted by molar-refractivity contribution is 0.0919. The summed E-state index contributed by atoms with van der Waals surface area (Å²) >= 11 is 2.03. The second-order valence-corrected chi connectivity index (χ2v) is 8.75. The summed E-state index contributed by atoms with van der Waals surface area (Å²) < 4.78 is 0. The van der Waals surface area contributed by atoms with E-state index in [1.165, 1.54) is 18.6 Å². The normalized spacial score (nSPS) is 18.1. The Morgan fingerprint density at radius 1 is 1.32 bits per heavy atom. The molecule has 1 aliphatic rings. The van der Waals surface area contributed by atoms with Crippen LogP contribution in [0.25, 0.3) is 0 Å². The molecule has 1 aliphatic heterocycles. The highest BCUT2D eigenvalue weighted by atomic mass is 32.2. The summed E-state index contributed by atoms with van der Waals surface area (Å²) in [4.78, 5) is 16.6. The van der Waals surface area contributed by atoms with Gasteiger partial charge in [0.2, 0.25) is 0 Å². The van der Waals surface area contributed by atoms with E-state index < -0.39 is 0 Å². The van der Waals surface area contributed by atoms with Gasteiger partial charge in [-0.25, -0.2) is 0 Å². The van der Waals surface area contributed by atoms with Gasteiger partial charge in [0.1, 0.15) is 0 Å². The van der Waals surface area contributed by atoms with Gasteiger partial charge in [-0.1, -0.05) is 12.1 Å². The van der Waals surface area contributed by atoms with E-state index in [0.717, 1.165) is 18.1 Å². The fourth-order valence-electron chi connectivity index (χ4n) is 2.66. The second kappa shape index (κ2) is 9.13. The molecule has 0 spiro atoms.